The Kier molecular flexibility index (Phi) is 6.29. The number of rotatable bonds is 4. The molecule has 0 bridgehead atoms. The van der Waals surface area contributed by atoms with E-state index in [1.807, 2.05) is 17.2 Å². The second-order valence-electron chi connectivity index (χ2n) is 8.57. The van der Waals surface area contributed by atoms with Gasteiger partial charge in [0.25, 0.3) is 5.91 Å². The highest BCUT2D eigenvalue weighted by atomic mass is 16.6. The standard InChI is InChI=1S/C19H25N3O4.C4H4N2/c23-18-19(26-17-2-1-5-22(17)18)10-15(11-19)25-13-14-3-4-16(20-12-14)21-6-8-24-9-7-21;1-2-6-4-3-5-1/h3-4,12,15,17H,1-2,5-11,13H2;1-4H. The van der Waals surface area contributed by atoms with Gasteiger partial charge in [0, 0.05) is 63.5 Å². The lowest BCUT2D eigenvalue weighted by Crippen LogP contribution is -2.54. The largest absolute Gasteiger partial charge is 0.378 e. The molecule has 9 nitrogen and oxygen atoms in total. The van der Waals surface area contributed by atoms with Gasteiger partial charge in [0.2, 0.25) is 0 Å². The number of pyridine rings is 1. The molecule has 1 spiro atoms. The molecular weight excluding hydrogens is 410 g/mol. The van der Waals surface area contributed by atoms with E-state index in [9.17, 15) is 4.79 Å². The van der Waals surface area contributed by atoms with Crippen LogP contribution in [0.3, 0.4) is 0 Å². The lowest BCUT2D eigenvalue weighted by Gasteiger charge is -2.42. The smallest absolute Gasteiger partial charge is 0.257 e. The van der Waals surface area contributed by atoms with Gasteiger partial charge in [-0.25, -0.2) is 4.98 Å². The van der Waals surface area contributed by atoms with Crippen molar-refractivity contribution in [1.29, 1.82) is 0 Å². The van der Waals surface area contributed by atoms with Gasteiger partial charge >= 0.3 is 0 Å². The second kappa shape index (κ2) is 9.48. The second-order valence-corrected chi connectivity index (χ2v) is 8.57. The van der Waals surface area contributed by atoms with E-state index in [-0.39, 0.29) is 18.2 Å². The van der Waals surface area contributed by atoms with E-state index in [0.717, 1.165) is 57.1 Å². The molecule has 3 aliphatic heterocycles. The lowest BCUT2D eigenvalue weighted by atomic mass is 9.76. The van der Waals surface area contributed by atoms with Gasteiger partial charge in [-0.1, -0.05) is 6.07 Å². The summed E-state index contributed by atoms with van der Waals surface area (Å²) in [5, 5.41) is 0. The third-order valence-corrected chi connectivity index (χ3v) is 6.43. The molecule has 4 fully saturated rings. The van der Waals surface area contributed by atoms with E-state index in [1.54, 1.807) is 24.8 Å². The van der Waals surface area contributed by atoms with Crippen LogP contribution in [-0.2, 0) is 25.6 Å². The molecule has 1 unspecified atom stereocenters. The van der Waals surface area contributed by atoms with Gasteiger partial charge < -0.3 is 24.0 Å². The minimum atomic E-state index is -0.589. The van der Waals surface area contributed by atoms with Crippen LogP contribution in [0.2, 0.25) is 0 Å². The number of fused-ring (bicyclic) bond motifs is 1. The van der Waals surface area contributed by atoms with Crippen LogP contribution in [-0.4, -0.2) is 76.5 Å². The minimum absolute atomic E-state index is 0.0142. The first kappa shape index (κ1) is 21.2. The Labute approximate surface area is 187 Å². The summed E-state index contributed by atoms with van der Waals surface area (Å²) >= 11 is 0. The number of hydrogen-bond donors (Lipinski definition) is 0. The van der Waals surface area contributed by atoms with Crippen molar-refractivity contribution in [3.8, 4) is 0 Å². The molecule has 6 rings (SSSR count). The van der Waals surface area contributed by atoms with Crippen LogP contribution in [0, 0.1) is 0 Å². The first-order chi connectivity index (χ1) is 15.7. The van der Waals surface area contributed by atoms with Gasteiger partial charge in [0.1, 0.15) is 12.0 Å². The number of aromatic nitrogens is 3. The maximum Gasteiger partial charge on any atom is 0.257 e. The molecule has 4 aliphatic rings. The Bertz CT molecular complexity index is 858. The third-order valence-electron chi connectivity index (χ3n) is 6.43. The summed E-state index contributed by atoms with van der Waals surface area (Å²) in [5.74, 6) is 1.17. The molecule has 0 N–H and O–H groups in total. The molecule has 2 aromatic heterocycles. The van der Waals surface area contributed by atoms with Crippen LogP contribution in [0.25, 0.3) is 0 Å². The summed E-state index contributed by atoms with van der Waals surface area (Å²) in [6.07, 6.45) is 11.9. The first-order valence-corrected chi connectivity index (χ1v) is 11.3. The maximum atomic E-state index is 12.5. The normalized spacial score (nSPS) is 28.8. The summed E-state index contributed by atoms with van der Waals surface area (Å²) in [4.78, 5) is 28.7. The molecule has 0 aromatic carbocycles. The quantitative estimate of drug-likeness (QED) is 0.712. The number of carbonyl (C=O) groups excluding carboxylic acids is 1. The van der Waals surface area contributed by atoms with Gasteiger partial charge in [-0.2, -0.15) is 0 Å². The van der Waals surface area contributed by atoms with Crippen molar-refractivity contribution in [3.63, 3.8) is 0 Å². The van der Waals surface area contributed by atoms with E-state index in [1.165, 1.54) is 0 Å². The fraction of sp³-hybridized carbons (Fsp3) is 0.565. The molecule has 1 amide bonds. The Morgan fingerprint density at radius 2 is 1.81 bits per heavy atom. The van der Waals surface area contributed by atoms with E-state index in [4.69, 9.17) is 14.2 Å². The number of nitrogens with zero attached hydrogens (tertiary/aromatic N) is 5. The SMILES string of the molecule is O=C1N2CCCC2OC12CC(OCc1ccc(N3CCOCC3)nc1)C2.c1cnccn1. The van der Waals surface area contributed by atoms with Crippen molar-refractivity contribution < 1.29 is 19.0 Å². The zero-order valence-corrected chi connectivity index (χ0v) is 18.1. The first-order valence-electron chi connectivity index (χ1n) is 11.3. The average molecular weight is 440 g/mol. The fourth-order valence-electron chi connectivity index (χ4n) is 4.68. The van der Waals surface area contributed by atoms with E-state index < -0.39 is 5.60 Å². The number of anilines is 1. The Balaban J connectivity index is 0.000000314. The van der Waals surface area contributed by atoms with Crippen molar-refractivity contribution in [1.82, 2.24) is 19.9 Å². The molecule has 32 heavy (non-hydrogen) atoms. The number of ether oxygens (including phenoxy) is 3. The predicted octanol–water partition coefficient (Wildman–Crippen LogP) is 1.79. The van der Waals surface area contributed by atoms with Gasteiger partial charge in [0.15, 0.2) is 5.60 Å². The van der Waals surface area contributed by atoms with Gasteiger partial charge in [-0.05, 0) is 24.5 Å². The number of hydrogen-bond acceptors (Lipinski definition) is 8. The summed E-state index contributed by atoms with van der Waals surface area (Å²) in [7, 11) is 0. The summed E-state index contributed by atoms with van der Waals surface area (Å²) in [6, 6.07) is 4.11. The molecule has 170 valence electrons. The number of carbonyl (C=O) groups is 1. The monoisotopic (exact) mass is 439 g/mol. The fourth-order valence-corrected chi connectivity index (χ4v) is 4.68. The number of amides is 1. The van der Waals surface area contributed by atoms with Gasteiger partial charge in [-0.15, -0.1) is 0 Å². The van der Waals surface area contributed by atoms with Crippen molar-refractivity contribution in [3.05, 3.63) is 48.7 Å². The third kappa shape index (κ3) is 4.46. The van der Waals surface area contributed by atoms with Crippen LogP contribution in [0.1, 0.15) is 31.2 Å². The van der Waals surface area contributed by atoms with Crippen LogP contribution >= 0.6 is 0 Å². The molecule has 1 aliphatic carbocycles. The molecule has 0 radical (unpaired) electrons. The number of morpholine rings is 1. The lowest BCUT2D eigenvalue weighted by molar-refractivity contribution is -0.177. The molecule has 1 saturated carbocycles. The van der Waals surface area contributed by atoms with Crippen LogP contribution in [0.4, 0.5) is 5.82 Å². The highest BCUT2D eigenvalue weighted by Crippen LogP contribution is 2.47. The van der Waals surface area contributed by atoms with E-state index in [0.29, 0.717) is 19.4 Å². The summed E-state index contributed by atoms with van der Waals surface area (Å²) in [5.41, 5.74) is 0.469. The van der Waals surface area contributed by atoms with Crippen molar-refractivity contribution in [2.24, 2.45) is 0 Å². The van der Waals surface area contributed by atoms with Crippen molar-refractivity contribution >= 4 is 11.7 Å². The molecule has 9 heteroatoms. The molecule has 1 atom stereocenters. The van der Waals surface area contributed by atoms with Crippen LogP contribution in [0.5, 0.6) is 0 Å². The average Bonchev–Trinajstić information content (AvgIpc) is 3.40. The minimum Gasteiger partial charge on any atom is -0.378 e. The Morgan fingerprint density at radius 3 is 2.44 bits per heavy atom. The topological polar surface area (TPSA) is 89.9 Å². The molecule has 2 aromatic rings. The summed E-state index contributed by atoms with van der Waals surface area (Å²) < 4.78 is 17.4. The highest BCUT2D eigenvalue weighted by Gasteiger charge is 2.61. The van der Waals surface area contributed by atoms with Crippen LogP contribution in [0.15, 0.2) is 43.1 Å². The predicted molar refractivity (Wildman–Crippen MR) is 116 cm³/mol. The summed E-state index contributed by atoms with van der Waals surface area (Å²) in [6.45, 7) is 4.67. The molecule has 3 saturated heterocycles. The molecular formula is C23H29N5O4. The maximum absolute atomic E-state index is 12.5. The zero-order valence-electron chi connectivity index (χ0n) is 18.1. The van der Waals surface area contributed by atoms with E-state index in [2.05, 4.69) is 25.9 Å². The molecule has 5 heterocycles. The van der Waals surface area contributed by atoms with E-state index >= 15 is 0 Å². The highest BCUT2D eigenvalue weighted by molar-refractivity contribution is 5.88. The Morgan fingerprint density at radius 1 is 1.06 bits per heavy atom. The zero-order chi connectivity index (χ0) is 21.8. The Hall–Kier alpha value is -2.62. The van der Waals surface area contributed by atoms with Gasteiger partial charge in [-0.3, -0.25) is 14.8 Å². The van der Waals surface area contributed by atoms with Crippen molar-refractivity contribution in [2.75, 3.05) is 37.7 Å². The van der Waals surface area contributed by atoms with Crippen LogP contribution < -0.4 is 4.90 Å². The van der Waals surface area contributed by atoms with Crippen molar-refractivity contribution in [2.45, 2.75) is 50.2 Å². The van der Waals surface area contributed by atoms with Gasteiger partial charge in [0.05, 0.1) is 25.9 Å².